The molecule has 0 amide bonds. The van der Waals surface area contributed by atoms with Gasteiger partial charge in [-0.1, -0.05) is 6.92 Å². The third-order valence-corrected chi connectivity index (χ3v) is 3.71. The molecule has 1 atom stereocenters. The highest BCUT2D eigenvalue weighted by molar-refractivity contribution is 5.85. The number of nitrogens with zero attached hydrogens (tertiary/aromatic N) is 1. The van der Waals surface area contributed by atoms with Gasteiger partial charge in [-0.05, 0) is 26.5 Å². The number of aromatic nitrogens is 1. The minimum absolute atomic E-state index is 0.465. The predicted octanol–water partition coefficient (Wildman–Crippen LogP) is 1.85. The van der Waals surface area contributed by atoms with Crippen LogP contribution in [0.1, 0.15) is 20.3 Å². The molecule has 4 N–H and O–H groups in total. The van der Waals surface area contributed by atoms with Crippen LogP contribution >= 0.6 is 0 Å². The van der Waals surface area contributed by atoms with Crippen molar-refractivity contribution in [3.8, 4) is 0 Å². The number of anilines is 2. The molecule has 0 saturated heterocycles. The van der Waals surface area contributed by atoms with Gasteiger partial charge in [0.05, 0.1) is 16.9 Å². The lowest BCUT2D eigenvalue weighted by Gasteiger charge is -2.23. The molecule has 1 aromatic heterocycles. The maximum absolute atomic E-state index is 11.1. The Morgan fingerprint density at radius 2 is 2.25 bits per heavy atom. The molecule has 6 nitrogen and oxygen atoms in total. The lowest BCUT2D eigenvalue weighted by molar-refractivity contribution is 0.261. The molecule has 110 valence electrons. The lowest BCUT2D eigenvalue weighted by atomic mass is 10.2. The maximum atomic E-state index is 11.1. The van der Waals surface area contributed by atoms with Crippen LogP contribution in [0.25, 0.3) is 11.1 Å². The van der Waals surface area contributed by atoms with E-state index in [1.54, 1.807) is 12.1 Å². The van der Waals surface area contributed by atoms with Gasteiger partial charge in [-0.2, -0.15) is 0 Å². The molecule has 20 heavy (non-hydrogen) atoms. The first-order valence-corrected chi connectivity index (χ1v) is 6.87. The number of aromatic amines is 1. The van der Waals surface area contributed by atoms with E-state index in [0.29, 0.717) is 22.8 Å². The fourth-order valence-corrected chi connectivity index (χ4v) is 2.07. The first kappa shape index (κ1) is 14.5. The number of nitrogens with one attached hydrogen (secondary N) is 2. The number of oxazole rings is 1. The fourth-order valence-electron chi connectivity index (χ4n) is 2.07. The summed E-state index contributed by atoms with van der Waals surface area (Å²) in [5, 5.41) is 3.29. The second kappa shape index (κ2) is 6.00. The molecule has 1 unspecified atom stereocenters. The van der Waals surface area contributed by atoms with Gasteiger partial charge in [-0.15, -0.1) is 0 Å². The normalized spacial score (nSPS) is 13.0. The van der Waals surface area contributed by atoms with Crippen molar-refractivity contribution < 1.29 is 4.42 Å². The summed E-state index contributed by atoms with van der Waals surface area (Å²) in [6, 6.07) is 4.02. The molecular weight excluding hydrogens is 256 g/mol. The zero-order chi connectivity index (χ0) is 14.7. The molecule has 0 fully saturated rings. The zero-order valence-corrected chi connectivity index (χ0v) is 12.2. The fraction of sp³-hybridized carbons (Fsp3) is 0.500. The Labute approximate surface area is 117 Å². The third-order valence-electron chi connectivity index (χ3n) is 3.71. The molecular formula is C14H22N4O2. The van der Waals surface area contributed by atoms with E-state index in [9.17, 15) is 4.79 Å². The van der Waals surface area contributed by atoms with Crippen molar-refractivity contribution in [1.82, 2.24) is 9.88 Å². The van der Waals surface area contributed by atoms with Crippen molar-refractivity contribution in [3.05, 3.63) is 22.7 Å². The average molecular weight is 278 g/mol. The second-order valence-electron chi connectivity index (χ2n) is 5.11. The van der Waals surface area contributed by atoms with E-state index >= 15 is 0 Å². The standard InChI is InChI=1S/C14H22N4O2/c1-4-9(2)18(3)6-5-16-11-8-12-13(7-10(11)15)20-14(19)17-12/h7-9,16H,4-6,15H2,1-3H3,(H,17,19). The van der Waals surface area contributed by atoms with Crippen LogP contribution < -0.4 is 16.8 Å². The van der Waals surface area contributed by atoms with Crippen LogP contribution in [0.3, 0.4) is 0 Å². The van der Waals surface area contributed by atoms with E-state index in [-0.39, 0.29) is 0 Å². The van der Waals surface area contributed by atoms with E-state index < -0.39 is 5.76 Å². The minimum Gasteiger partial charge on any atom is -0.408 e. The Morgan fingerprint density at radius 3 is 2.95 bits per heavy atom. The molecule has 0 radical (unpaired) electrons. The lowest BCUT2D eigenvalue weighted by Crippen LogP contribution is -2.32. The number of benzene rings is 1. The molecule has 0 aliphatic rings. The number of rotatable bonds is 6. The molecule has 1 aromatic carbocycles. The first-order valence-electron chi connectivity index (χ1n) is 6.87. The molecule has 2 aromatic rings. The molecule has 6 heteroatoms. The van der Waals surface area contributed by atoms with E-state index in [4.69, 9.17) is 10.2 Å². The van der Waals surface area contributed by atoms with E-state index in [0.717, 1.165) is 25.2 Å². The SMILES string of the molecule is CCC(C)N(C)CCNc1cc2[nH]c(=O)oc2cc1N. The van der Waals surface area contributed by atoms with Gasteiger partial charge in [0, 0.05) is 25.2 Å². The second-order valence-corrected chi connectivity index (χ2v) is 5.11. The third kappa shape index (κ3) is 3.14. The highest BCUT2D eigenvalue weighted by Crippen LogP contribution is 2.24. The van der Waals surface area contributed by atoms with Gasteiger partial charge >= 0.3 is 5.76 Å². The minimum atomic E-state index is -0.465. The molecule has 1 heterocycles. The Bertz CT molecular complexity index is 632. The maximum Gasteiger partial charge on any atom is 0.417 e. The Morgan fingerprint density at radius 1 is 1.50 bits per heavy atom. The van der Waals surface area contributed by atoms with Crippen LogP contribution in [0.5, 0.6) is 0 Å². The van der Waals surface area contributed by atoms with Crippen molar-refractivity contribution in [1.29, 1.82) is 0 Å². The summed E-state index contributed by atoms with van der Waals surface area (Å²) in [7, 11) is 2.11. The van der Waals surface area contributed by atoms with Gasteiger partial charge in [-0.25, -0.2) is 4.79 Å². The van der Waals surface area contributed by atoms with E-state index in [1.807, 2.05) is 0 Å². The Kier molecular flexibility index (Phi) is 4.34. The van der Waals surface area contributed by atoms with Gasteiger partial charge < -0.3 is 20.4 Å². The van der Waals surface area contributed by atoms with Crippen LogP contribution in [0.15, 0.2) is 21.3 Å². The molecule has 2 rings (SSSR count). The van der Waals surface area contributed by atoms with Gasteiger partial charge in [0.1, 0.15) is 0 Å². The van der Waals surface area contributed by atoms with Gasteiger partial charge in [0.25, 0.3) is 0 Å². The monoisotopic (exact) mass is 278 g/mol. The summed E-state index contributed by atoms with van der Waals surface area (Å²) in [6.45, 7) is 6.10. The van der Waals surface area contributed by atoms with Crippen LogP contribution in [-0.2, 0) is 0 Å². The topological polar surface area (TPSA) is 87.3 Å². The van der Waals surface area contributed by atoms with Gasteiger partial charge in [0.15, 0.2) is 5.58 Å². The quantitative estimate of drug-likeness (QED) is 0.702. The number of hydrogen-bond acceptors (Lipinski definition) is 5. The van der Waals surface area contributed by atoms with Crippen LogP contribution in [0, 0.1) is 0 Å². The van der Waals surface area contributed by atoms with Crippen molar-refractivity contribution >= 4 is 22.5 Å². The van der Waals surface area contributed by atoms with Crippen molar-refractivity contribution in [2.45, 2.75) is 26.3 Å². The number of hydrogen-bond donors (Lipinski definition) is 3. The van der Waals surface area contributed by atoms with Crippen molar-refractivity contribution in [3.63, 3.8) is 0 Å². The number of likely N-dealkylation sites (N-methyl/N-ethyl adjacent to an activating group) is 1. The zero-order valence-electron chi connectivity index (χ0n) is 12.2. The number of nitrogens with two attached hydrogens (primary N) is 1. The summed E-state index contributed by atoms with van der Waals surface area (Å²) in [5.74, 6) is -0.465. The Hall–Kier alpha value is -1.95. The predicted molar refractivity (Wildman–Crippen MR) is 82.1 cm³/mol. The highest BCUT2D eigenvalue weighted by Gasteiger charge is 2.08. The molecule has 0 aliphatic heterocycles. The summed E-state index contributed by atoms with van der Waals surface area (Å²) < 4.78 is 4.97. The first-order chi connectivity index (χ1) is 9.51. The molecule has 0 bridgehead atoms. The van der Waals surface area contributed by atoms with Crippen LogP contribution in [-0.4, -0.2) is 36.1 Å². The molecule has 0 saturated carbocycles. The smallest absolute Gasteiger partial charge is 0.408 e. The largest absolute Gasteiger partial charge is 0.417 e. The molecule has 0 spiro atoms. The van der Waals surface area contributed by atoms with E-state index in [2.05, 4.69) is 36.1 Å². The summed E-state index contributed by atoms with van der Waals surface area (Å²) in [5.41, 5.74) is 8.47. The van der Waals surface area contributed by atoms with Gasteiger partial charge in [-0.3, -0.25) is 4.98 Å². The molecule has 0 aliphatic carbocycles. The Balaban J connectivity index is 2.02. The summed E-state index contributed by atoms with van der Waals surface area (Å²) in [4.78, 5) is 16.1. The van der Waals surface area contributed by atoms with Crippen LogP contribution in [0.4, 0.5) is 11.4 Å². The van der Waals surface area contributed by atoms with E-state index in [1.165, 1.54) is 0 Å². The van der Waals surface area contributed by atoms with Gasteiger partial charge in [0.2, 0.25) is 0 Å². The van der Waals surface area contributed by atoms with Crippen LogP contribution in [0.2, 0.25) is 0 Å². The number of nitrogen functional groups attached to an aromatic ring is 1. The van der Waals surface area contributed by atoms with Crippen molar-refractivity contribution in [2.75, 3.05) is 31.2 Å². The summed E-state index contributed by atoms with van der Waals surface area (Å²) >= 11 is 0. The summed E-state index contributed by atoms with van der Waals surface area (Å²) in [6.07, 6.45) is 1.13. The number of H-pyrrole nitrogens is 1. The van der Waals surface area contributed by atoms with Crippen molar-refractivity contribution in [2.24, 2.45) is 0 Å². The average Bonchev–Trinajstić information content (AvgIpc) is 2.76. The highest BCUT2D eigenvalue weighted by atomic mass is 16.4. The number of fused-ring (bicyclic) bond motifs is 1.